The predicted octanol–water partition coefficient (Wildman–Crippen LogP) is 3.88. The summed E-state index contributed by atoms with van der Waals surface area (Å²) in [6.07, 6.45) is 4.48. The normalized spacial score (nSPS) is 22.9. The Morgan fingerprint density at radius 3 is 2.70 bits per heavy atom. The molecule has 0 saturated heterocycles. The topological polar surface area (TPSA) is 59.2 Å². The summed E-state index contributed by atoms with van der Waals surface area (Å²) in [5.74, 6) is 1.35. The predicted molar refractivity (Wildman–Crippen MR) is 71.7 cm³/mol. The molecule has 0 amide bonds. The van der Waals surface area contributed by atoms with Crippen LogP contribution in [0.5, 0.6) is 5.75 Å². The lowest BCUT2D eigenvalue weighted by Crippen LogP contribution is -2.11. The molecule has 0 aliphatic heterocycles. The van der Waals surface area contributed by atoms with Crippen LogP contribution in [0.1, 0.15) is 44.3 Å². The zero-order valence-corrected chi connectivity index (χ0v) is 11.3. The molecule has 0 unspecified atom stereocenters. The van der Waals surface area contributed by atoms with Crippen molar-refractivity contribution in [2.45, 2.75) is 38.5 Å². The van der Waals surface area contributed by atoms with Crippen LogP contribution in [0.4, 0.5) is 4.39 Å². The highest BCUT2D eigenvalue weighted by Crippen LogP contribution is 2.36. The first kappa shape index (κ1) is 13.1. The Morgan fingerprint density at radius 2 is 2.00 bits per heavy atom. The van der Waals surface area contributed by atoms with Crippen molar-refractivity contribution in [3.8, 4) is 17.2 Å². The number of hydrogen-bond donors (Lipinski definition) is 1. The van der Waals surface area contributed by atoms with Gasteiger partial charge in [0.25, 0.3) is 5.89 Å². The number of nitrogens with zero attached hydrogens (tertiary/aromatic N) is 2. The van der Waals surface area contributed by atoms with Crippen molar-refractivity contribution in [3.05, 3.63) is 29.8 Å². The van der Waals surface area contributed by atoms with Crippen molar-refractivity contribution in [2.75, 3.05) is 0 Å². The highest BCUT2D eigenvalue weighted by molar-refractivity contribution is 5.61. The van der Waals surface area contributed by atoms with E-state index in [1.165, 1.54) is 25.0 Å². The summed E-state index contributed by atoms with van der Waals surface area (Å²) in [5.41, 5.74) is 0.370. The quantitative estimate of drug-likeness (QED) is 0.904. The van der Waals surface area contributed by atoms with E-state index in [0.717, 1.165) is 24.8 Å². The summed E-state index contributed by atoms with van der Waals surface area (Å²) in [6, 6.07) is 3.76. The van der Waals surface area contributed by atoms with Gasteiger partial charge >= 0.3 is 0 Å². The molecule has 1 aliphatic rings. The maximum Gasteiger partial charge on any atom is 0.261 e. The fraction of sp³-hybridized carbons (Fsp3) is 0.467. The van der Waals surface area contributed by atoms with E-state index in [-0.39, 0.29) is 11.6 Å². The Bertz CT molecular complexity index is 604. The molecule has 20 heavy (non-hydrogen) atoms. The molecule has 1 aromatic heterocycles. The number of aromatic nitrogens is 2. The van der Waals surface area contributed by atoms with Gasteiger partial charge in [-0.15, -0.1) is 0 Å². The van der Waals surface area contributed by atoms with Crippen molar-refractivity contribution < 1.29 is 14.0 Å². The summed E-state index contributed by atoms with van der Waals surface area (Å²) in [7, 11) is 0. The van der Waals surface area contributed by atoms with Gasteiger partial charge in [-0.1, -0.05) is 24.9 Å². The largest absolute Gasteiger partial charge is 0.507 e. The molecule has 2 aromatic rings. The van der Waals surface area contributed by atoms with E-state index in [1.807, 2.05) is 0 Å². The second-order valence-electron chi connectivity index (χ2n) is 5.58. The Hall–Kier alpha value is -1.91. The summed E-state index contributed by atoms with van der Waals surface area (Å²) in [4.78, 5) is 4.36. The highest BCUT2D eigenvalue weighted by Gasteiger charge is 2.24. The highest BCUT2D eigenvalue weighted by atomic mass is 19.1. The molecule has 5 heteroatoms. The smallest absolute Gasteiger partial charge is 0.261 e. The van der Waals surface area contributed by atoms with Crippen LogP contribution in [0.2, 0.25) is 0 Å². The second kappa shape index (κ2) is 5.23. The molecule has 1 aromatic carbocycles. The molecule has 1 N–H and O–H groups in total. The number of halogens is 1. The molecule has 106 valence electrons. The van der Waals surface area contributed by atoms with Gasteiger partial charge < -0.3 is 9.63 Å². The summed E-state index contributed by atoms with van der Waals surface area (Å²) in [6.45, 7) is 2.26. The second-order valence-corrected chi connectivity index (χ2v) is 5.58. The average Bonchev–Trinajstić information content (AvgIpc) is 2.89. The van der Waals surface area contributed by atoms with E-state index >= 15 is 0 Å². The van der Waals surface area contributed by atoms with Crippen LogP contribution in [0.15, 0.2) is 22.7 Å². The lowest BCUT2D eigenvalue weighted by molar-refractivity contribution is 0.328. The monoisotopic (exact) mass is 276 g/mol. The molecule has 3 rings (SSSR count). The number of aromatic hydroxyl groups is 1. The van der Waals surface area contributed by atoms with Gasteiger partial charge in [-0.25, -0.2) is 4.39 Å². The molecule has 0 bridgehead atoms. The van der Waals surface area contributed by atoms with Gasteiger partial charge in [0.2, 0.25) is 0 Å². The Kier molecular flexibility index (Phi) is 3.42. The minimum Gasteiger partial charge on any atom is -0.507 e. The third kappa shape index (κ3) is 2.53. The van der Waals surface area contributed by atoms with Gasteiger partial charge in [0.1, 0.15) is 11.6 Å². The van der Waals surface area contributed by atoms with Gasteiger partial charge in [-0.3, -0.25) is 0 Å². The van der Waals surface area contributed by atoms with Crippen LogP contribution < -0.4 is 0 Å². The fourth-order valence-corrected chi connectivity index (χ4v) is 2.71. The van der Waals surface area contributed by atoms with Crippen molar-refractivity contribution in [3.63, 3.8) is 0 Å². The average molecular weight is 276 g/mol. The van der Waals surface area contributed by atoms with Crippen LogP contribution >= 0.6 is 0 Å². The molecule has 0 atom stereocenters. The number of phenols is 1. The van der Waals surface area contributed by atoms with Crippen molar-refractivity contribution in [1.82, 2.24) is 10.1 Å². The summed E-state index contributed by atoms with van der Waals surface area (Å²) >= 11 is 0. The Balaban J connectivity index is 1.83. The van der Waals surface area contributed by atoms with Crippen molar-refractivity contribution in [2.24, 2.45) is 5.92 Å². The first-order valence-corrected chi connectivity index (χ1v) is 6.96. The molecule has 0 spiro atoms. The number of benzene rings is 1. The molecule has 1 aliphatic carbocycles. The fourth-order valence-electron chi connectivity index (χ4n) is 2.71. The molecular formula is C15H17FN2O2. The van der Waals surface area contributed by atoms with E-state index < -0.39 is 5.82 Å². The molecule has 4 nitrogen and oxygen atoms in total. The Labute approximate surface area is 116 Å². The molecule has 0 radical (unpaired) electrons. The minimum absolute atomic E-state index is 0.183. The molecule has 1 fully saturated rings. The van der Waals surface area contributed by atoms with E-state index in [9.17, 15) is 9.50 Å². The Morgan fingerprint density at radius 1 is 1.25 bits per heavy atom. The summed E-state index contributed by atoms with van der Waals surface area (Å²) in [5, 5.41) is 13.7. The zero-order chi connectivity index (χ0) is 14.1. The van der Waals surface area contributed by atoms with Crippen LogP contribution in [0.25, 0.3) is 11.5 Å². The summed E-state index contributed by atoms with van der Waals surface area (Å²) < 4.78 is 18.2. The standard InChI is InChI=1S/C15H17FN2O2/c1-9-2-4-10(5-3-9)14-17-15(20-18-14)12-7-6-11(16)8-13(12)19/h6-10,19H,2-5H2,1H3. The van der Waals surface area contributed by atoms with Gasteiger partial charge in [0, 0.05) is 12.0 Å². The number of phenolic OH excluding ortho intramolecular Hbond substituents is 1. The minimum atomic E-state index is -0.493. The molecular weight excluding hydrogens is 259 g/mol. The van der Waals surface area contributed by atoms with Crippen LogP contribution in [-0.4, -0.2) is 15.2 Å². The van der Waals surface area contributed by atoms with E-state index in [0.29, 0.717) is 17.3 Å². The van der Waals surface area contributed by atoms with Crippen LogP contribution in [0.3, 0.4) is 0 Å². The maximum absolute atomic E-state index is 13.0. The van der Waals surface area contributed by atoms with E-state index in [1.54, 1.807) is 0 Å². The zero-order valence-electron chi connectivity index (χ0n) is 11.3. The third-order valence-corrected chi connectivity index (χ3v) is 4.01. The maximum atomic E-state index is 13.0. The van der Waals surface area contributed by atoms with E-state index in [4.69, 9.17) is 4.52 Å². The SMILES string of the molecule is CC1CCC(c2noc(-c3ccc(F)cc3O)n2)CC1. The first-order chi connectivity index (χ1) is 9.63. The number of hydrogen-bond acceptors (Lipinski definition) is 4. The van der Waals surface area contributed by atoms with Crippen LogP contribution in [-0.2, 0) is 0 Å². The van der Waals surface area contributed by atoms with Gasteiger partial charge in [0.05, 0.1) is 5.56 Å². The van der Waals surface area contributed by atoms with Gasteiger partial charge in [-0.05, 0) is 30.9 Å². The molecule has 1 saturated carbocycles. The van der Waals surface area contributed by atoms with Crippen LogP contribution in [0, 0.1) is 11.7 Å². The lowest BCUT2D eigenvalue weighted by atomic mass is 9.83. The third-order valence-electron chi connectivity index (χ3n) is 4.01. The lowest BCUT2D eigenvalue weighted by Gasteiger charge is -2.23. The van der Waals surface area contributed by atoms with E-state index in [2.05, 4.69) is 17.1 Å². The first-order valence-electron chi connectivity index (χ1n) is 6.96. The molecule has 1 heterocycles. The van der Waals surface area contributed by atoms with Gasteiger partial charge in [-0.2, -0.15) is 4.98 Å². The van der Waals surface area contributed by atoms with Crippen molar-refractivity contribution in [1.29, 1.82) is 0 Å². The number of rotatable bonds is 2. The van der Waals surface area contributed by atoms with Crippen molar-refractivity contribution >= 4 is 0 Å². The van der Waals surface area contributed by atoms with Gasteiger partial charge in [0.15, 0.2) is 5.82 Å².